The van der Waals surface area contributed by atoms with Crippen molar-refractivity contribution in [3.05, 3.63) is 169 Å². The summed E-state index contributed by atoms with van der Waals surface area (Å²) in [4.78, 5) is 15.4. The first-order valence-corrected chi connectivity index (χ1v) is 16.9. The molecule has 5 nitrogen and oxygen atoms in total. The number of para-hydroxylation sites is 1. The second kappa shape index (κ2) is 11.5. The molecule has 0 fully saturated rings. The highest BCUT2D eigenvalue weighted by atomic mass is 15.0. The Morgan fingerprint density at radius 1 is 0.412 bits per heavy atom. The molecule has 0 aliphatic carbocycles. The Morgan fingerprint density at radius 2 is 0.980 bits per heavy atom. The zero-order valence-electron chi connectivity index (χ0n) is 27.3. The van der Waals surface area contributed by atoms with E-state index in [4.69, 9.17) is 15.0 Å². The number of fused-ring (bicyclic) bond motifs is 3. The Morgan fingerprint density at radius 3 is 1.76 bits per heavy atom. The molecular weight excluding hydrogens is 623 g/mol. The lowest BCUT2D eigenvalue weighted by atomic mass is 9.91. The van der Waals surface area contributed by atoms with Crippen molar-refractivity contribution in [2.45, 2.75) is 0 Å². The highest BCUT2D eigenvalue weighted by Crippen LogP contribution is 2.46. The van der Waals surface area contributed by atoms with Crippen LogP contribution in [0.5, 0.6) is 0 Å². The van der Waals surface area contributed by atoms with Gasteiger partial charge in [0.15, 0.2) is 17.5 Å². The summed E-state index contributed by atoms with van der Waals surface area (Å²) < 4.78 is 2.36. The standard InChI is InChI=1S/C46H27N5/c47-28-29-11-9-14-33(27-29)45-48-44(32-23-21-31(22-24-32)30-12-3-1-4-13-30)49-46(50-45)38-25-26-40-43-41(38)36-18-8-7-17-35(36)37-19-10-20-39(42(37)43)51(40)34-15-5-2-6-16-34/h1-27H. The van der Waals surface area contributed by atoms with Gasteiger partial charge in [0.1, 0.15) is 0 Å². The molecular formula is C46H27N5. The van der Waals surface area contributed by atoms with Crippen molar-refractivity contribution in [3.63, 3.8) is 0 Å². The van der Waals surface area contributed by atoms with Crippen LogP contribution in [0.25, 0.3) is 94.3 Å². The van der Waals surface area contributed by atoms with Crippen LogP contribution in [0.1, 0.15) is 5.56 Å². The van der Waals surface area contributed by atoms with Crippen molar-refractivity contribution in [1.29, 1.82) is 5.26 Å². The largest absolute Gasteiger partial charge is 0.309 e. The fourth-order valence-corrected chi connectivity index (χ4v) is 7.56. The predicted molar refractivity (Wildman–Crippen MR) is 207 cm³/mol. The fraction of sp³-hybridized carbons (Fsp3) is 0. The van der Waals surface area contributed by atoms with Crippen LogP contribution < -0.4 is 0 Å². The molecule has 8 aromatic carbocycles. The lowest BCUT2D eigenvalue weighted by molar-refractivity contribution is 1.08. The van der Waals surface area contributed by atoms with Gasteiger partial charge in [-0.25, -0.2) is 15.0 Å². The number of nitriles is 1. The van der Waals surface area contributed by atoms with Crippen LogP contribution in [0.15, 0.2) is 164 Å². The average Bonchev–Trinajstić information content (AvgIpc) is 3.56. The summed E-state index contributed by atoms with van der Waals surface area (Å²) >= 11 is 0. The van der Waals surface area contributed by atoms with Gasteiger partial charge in [-0.05, 0) is 69.8 Å². The van der Waals surface area contributed by atoms with E-state index in [2.05, 4.69) is 132 Å². The summed E-state index contributed by atoms with van der Waals surface area (Å²) in [6.45, 7) is 0. The molecule has 0 unspecified atom stereocenters. The van der Waals surface area contributed by atoms with Crippen LogP contribution in [0, 0.1) is 11.3 Å². The first-order valence-electron chi connectivity index (χ1n) is 16.9. The molecule has 0 aliphatic heterocycles. The highest BCUT2D eigenvalue weighted by Gasteiger charge is 2.23. The van der Waals surface area contributed by atoms with Crippen molar-refractivity contribution in [1.82, 2.24) is 19.5 Å². The molecule has 0 spiro atoms. The summed E-state index contributed by atoms with van der Waals surface area (Å²) in [5.41, 5.74) is 8.79. The van der Waals surface area contributed by atoms with Crippen LogP contribution in [-0.4, -0.2) is 19.5 Å². The highest BCUT2D eigenvalue weighted by molar-refractivity contribution is 6.36. The molecule has 0 N–H and O–H groups in total. The molecule has 10 rings (SSSR count). The zero-order chi connectivity index (χ0) is 33.9. The van der Waals surface area contributed by atoms with Gasteiger partial charge in [0.25, 0.3) is 0 Å². The number of aromatic nitrogens is 4. The summed E-state index contributed by atoms with van der Waals surface area (Å²) in [6, 6.07) is 58.5. The average molecular weight is 650 g/mol. The molecule has 2 heterocycles. The van der Waals surface area contributed by atoms with Gasteiger partial charge in [0.05, 0.1) is 22.7 Å². The van der Waals surface area contributed by atoms with E-state index in [1.54, 1.807) is 6.07 Å². The van der Waals surface area contributed by atoms with Crippen LogP contribution in [0.2, 0.25) is 0 Å². The van der Waals surface area contributed by atoms with E-state index in [0.717, 1.165) is 55.3 Å². The first kappa shape index (κ1) is 28.8. The molecule has 5 heteroatoms. The van der Waals surface area contributed by atoms with Crippen molar-refractivity contribution < 1.29 is 0 Å². The van der Waals surface area contributed by atoms with Crippen molar-refractivity contribution in [2.24, 2.45) is 0 Å². The van der Waals surface area contributed by atoms with Gasteiger partial charge in [-0.15, -0.1) is 0 Å². The van der Waals surface area contributed by atoms with Gasteiger partial charge < -0.3 is 4.57 Å². The lowest BCUT2D eigenvalue weighted by Gasteiger charge is -2.14. The van der Waals surface area contributed by atoms with Gasteiger partial charge in [-0.1, -0.05) is 121 Å². The Balaban J connectivity index is 1.27. The fourth-order valence-electron chi connectivity index (χ4n) is 7.56. The molecule has 2 aromatic heterocycles. The smallest absolute Gasteiger partial charge is 0.164 e. The van der Waals surface area contributed by atoms with E-state index in [0.29, 0.717) is 23.0 Å². The molecule has 0 radical (unpaired) electrons. The summed E-state index contributed by atoms with van der Waals surface area (Å²) in [6.07, 6.45) is 0. The summed E-state index contributed by atoms with van der Waals surface area (Å²) in [5, 5.41) is 16.8. The SMILES string of the molecule is N#Cc1cccc(-c2nc(-c3ccc(-c4ccccc4)cc3)nc(-c3ccc4c5c3c3ccccc3c3cccc(c35)n4-c3ccccc3)n2)c1. The Hall–Kier alpha value is -7.16. The second-order valence-corrected chi connectivity index (χ2v) is 12.7. The molecule has 0 aliphatic rings. The van der Waals surface area contributed by atoms with Gasteiger partial charge >= 0.3 is 0 Å². The third kappa shape index (κ3) is 4.58. The Labute approximate surface area is 293 Å². The monoisotopic (exact) mass is 649 g/mol. The van der Waals surface area contributed by atoms with Gasteiger partial charge in [-0.2, -0.15) is 5.26 Å². The van der Waals surface area contributed by atoms with Crippen LogP contribution in [0.3, 0.4) is 0 Å². The third-order valence-electron chi connectivity index (χ3n) is 9.83. The number of hydrogen-bond donors (Lipinski definition) is 0. The minimum absolute atomic E-state index is 0.517. The lowest BCUT2D eigenvalue weighted by Crippen LogP contribution is -2.01. The molecule has 0 saturated carbocycles. The normalized spacial score (nSPS) is 11.5. The molecule has 236 valence electrons. The number of benzene rings is 8. The molecule has 10 aromatic rings. The number of rotatable bonds is 5. The van der Waals surface area contributed by atoms with E-state index in [1.807, 2.05) is 36.4 Å². The van der Waals surface area contributed by atoms with Crippen LogP contribution in [0.4, 0.5) is 0 Å². The van der Waals surface area contributed by atoms with Crippen LogP contribution in [-0.2, 0) is 0 Å². The van der Waals surface area contributed by atoms with E-state index in [9.17, 15) is 5.26 Å². The van der Waals surface area contributed by atoms with Gasteiger partial charge in [-0.3, -0.25) is 0 Å². The van der Waals surface area contributed by atoms with E-state index >= 15 is 0 Å². The van der Waals surface area contributed by atoms with Crippen molar-refractivity contribution in [3.8, 4) is 57.0 Å². The zero-order valence-corrected chi connectivity index (χ0v) is 27.3. The van der Waals surface area contributed by atoms with Crippen LogP contribution >= 0.6 is 0 Å². The predicted octanol–water partition coefficient (Wildman–Crippen LogP) is 11.3. The first-order chi connectivity index (χ1) is 25.2. The Bertz CT molecular complexity index is 2960. The second-order valence-electron chi connectivity index (χ2n) is 12.7. The van der Waals surface area contributed by atoms with Gasteiger partial charge in [0.2, 0.25) is 0 Å². The topological polar surface area (TPSA) is 67.4 Å². The van der Waals surface area contributed by atoms with Gasteiger partial charge in [0, 0.05) is 38.5 Å². The number of hydrogen-bond acceptors (Lipinski definition) is 4. The molecule has 0 amide bonds. The van der Waals surface area contributed by atoms with E-state index in [1.165, 1.54) is 21.5 Å². The summed E-state index contributed by atoms with van der Waals surface area (Å²) in [5.74, 6) is 1.67. The molecule has 51 heavy (non-hydrogen) atoms. The minimum atomic E-state index is 0.517. The number of nitrogens with zero attached hydrogens (tertiary/aromatic N) is 5. The quantitative estimate of drug-likeness (QED) is 0.174. The third-order valence-corrected chi connectivity index (χ3v) is 9.83. The van der Waals surface area contributed by atoms with E-state index in [-0.39, 0.29) is 0 Å². The van der Waals surface area contributed by atoms with Crippen molar-refractivity contribution >= 4 is 43.4 Å². The Kier molecular flexibility index (Phi) is 6.48. The minimum Gasteiger partial charge on any atom is -0.309 e. The molecule has 0 atom stereocenters. The molecule has 0 saturated heterocycles. The maximum atomic E-state index is 9.73. The summed E-state index contributed by atoms with van der Waals surface area (Å²) in [7, 11) is 0. The maximum absolute atomic E-state index is 9.73. The van der Waals surface area contributed by atoms with Crippen molar-refractivity contribution in [2.75, 3.05) is 0 Å². The maximum Gasteiger partial charge on any atom is 0.164 e. The van der Waals surface area contributed by atoms with E-state index < -0.39 is 0 Å². The molecule has 0 bridgehead atoms.